The first-order chi connectivity index (χ1) is 14.0. The summed E-state index contributed by atoms with van der Waals surface area (Å²) < 4.78 is 19.9. The number of carbonyl (C=O) groups excluding carboxylic acids is 1. The van der Waals surface area contributed by atoms with Crippen molar-refractivity contribution < 1.29 is 19.0 Å². The lowest BCUT2D eigenvalue weighted by molar-refractivity contribution is 0.0963. The Bertz CT molecular complexity index is 981. The summed E-state index contributed by atoms with van der Waals surface area (Å²) in [6.07, 6.45) is 0.224. The summed E-state index contributed by atoms with van der Waals surface area (Å²) in [4.78, 5) is 15.2. The van der Waals surface area contributed by atoms with Crippen molar-refractivity contribution in [3.05, 3.63) is 65.4 Å². The fourth-order valence-electron chi connectivity index (χ4n) is 3.71. The molecule has 0 unspecified atom stereocenters. The zero-order valence-electron chi connectivity index (χ0n) is 15.6. The number of aliphatic hydroxyl groups excluding tert-OH is 1. The Kier molecular flexibility index (Phi) is 4.99. The van der Waals surface area contributed by atoms with Crippen molar-refractivity contribution in [3.63, 3.8) is 0 Å². The molecule has 0 saturated carbocycles. The van der Waals surface area contributed by atoms with E-state index in [9.17, 15) is 9.18 Å². The average Bonchev–Trinajstić information content (AvgIpc) is 3.31. The number of aliphatic hydroxyl groups is 1. The minimum atomic E-state index is -0.597. The van der Waals surface area contributed by atoms with Crippen LogP contribution in [-0.4, -0.2) is 35.4 Å². The first kappa shape index (κ1) is 19.0. The molecule has 2 aromatic carbocycles. The highest BCUT2D eigenvalue weighted by molar-refractivity contribution is 5.90. The second-order valence-electron chi connectivity index (χ2n) is 7.00. The molecule has 29 heavy (non-hydrogen) atoms. The third-order valence-corrected chi connectivity index (χ3v) is 5.23. The number of amides is 1. The van der Waals surface area contributed by atoms with Crippen LogP contribution in [0.2, 0.25) is 0 Å². The van der Waals surface area contributed by atoms with Gasteiger partial charge in [-0.25, -0.2) is 15.0 Å². The zero-order valence-corrected chi connectivity index (χ0v) is 15.6. The van der Waals surface area contributed by atoms with Gasteiger partial charge in [-0.15, -0.1) is 0 Å². The van der Waals surface area contributed by atoms with Gasteiger partial charge in [0.25, 0.3) is 0 Å². The summed E-state index contributed by atoms with van der Waals surface area (Å²) >= 11 is 0. The van der Waals surface area contributed by atoms with E-state index in [0.29, 0.717) is 30.2 Å². The number of carbonyl (C=O) groups is 1. The smallest absolute Gasteiger partial charge is 0.414 e. The van der Waals surface area contributed by atoms with Crippen LogP contribution in [0.25, 0.3) is 11.1 Å². The van der Waals surface area contributed by atoms with Crippen LogP contribution in [0.4, 0.5) is 14.9 Å². The highest BCUT2D eigenvalue weighted by atomic mass is 19.1. The number of cyclic esters (lactones) is 1. The van der Waals surface area contributed by atoms with Crippen molar-refractivity contribution in [1.29, 1.82) is 0 Å². The molecule has 0 aromatic heterocycles. The Hall–Kier alpha value is -3.30. The Morgan fingerprint density at radius 1 is 1.28 bits per heavy atom. The van der Waals surface area contributed by atoms with Gasteiger partial charge in [-0.2, -0.15) is 0 Å². The molecule has 0 radical (unpaired) electrons. The summed E-state index contributed by atoms with van der Waals surface area (Å²) in [5.41, 5.74) is 11.9. The Morgan fingerprint density at radius 2 is 2.07 bits per heavy atom. The number of hydrogen-bond donors (Lipinski definition) is 4. The van der Waals surface area contributed by atoms with Gasteiger partial charge in [0.2, 0.25) is 0 Å². The zero-order chi connectivity index (χ0) is 20.5. The molecule has 9 heteroatoms. The number of benzene rings is 2. The summed E-state index contributed by atoms with van der Waals surface area (Å²) in [6.45, 7) is 1.19. The Labute approximate surface area is 167 Å². The maximum absolute atomic E-state index is 14.9. The normalized spacial score (nSPS) is 18.8. The van der Waals surface area contributed by atoms with Crippen molar-refractivity contribution >= 4 is 11.8 Å². The molecule has 1 atom stereocenters. The van der Waals surface area contributed by atoms with E-state index < -0.39 is 18.0 Å². The lowest BCUT2D eigenvalue weighted by Crippen LogP contribution is -2.33. The number of nitrogens with two attached hydrogens (primary N) is 2. The number of anilines is 1. The third kappa shape index (κ3) is 3.45. The highest BCUT2D eigenvalue weighted by Crippen LogP contribution is 2.33. The van der Waals surface area contributed by atoms with Crippen molar-refractivity contribution in [1.82, 2.24) is 10.3 Å². The summed E-state index contributed by atoms with van der Waals surface area (Å²) in [5.74, 6) is 5.67. The minimum absolute atomic E-state index is 0.189. The second kappa shape index (κ2) is 7.61. The van der Waals surface area contributed by atoms with Crippen LogP contribution in [0.15, 0.2) is 48.4 Å². The molecule has 1 fully saturated rings. The number of nitrogens with zero attached hydrogens (tertiary/aromatic N) is 2. The summed E-state index contributed by atoms with van der Waals surface area (Å²) in [7, 11) is 0. The van der Waals surface area contributed by atoms with Crippen LogP contribution >= 0.6 is 0 Å². The third-order valence-electron chi connectivity index (χ3n) is 5.23. The molecule has 152 valence electrons. The first-order valence-corrected chi connectivity index (χ1v) is 9.18. The number of ether oxygens (including phenoxy) is 1. The predicted molar refractivity (Wildman–Crippen MR) is 105 cm³/mol. The largest absolute Gasteiger partial charge is 0.441 e. The number of rotatable bonds is 5. The van der Waals surface area contributed by atoms with Crippen LogP contribution < -0.4 is 21.9 Å². The molecule has 1 saturated heterocycles. The number of hydrazine groups is 1. The van der Waals surface area contributed by atoms with Gasteiger partial charge in [-0.05, 0) is 41.0 Å². The van der Waals surface area contributed by atoms with Crippen LogP contribution in [0, 0.1) is 5.82 Å². The van der Waals surface area contributed by atoms with Gasteiger partial charge in [0, 0.05) is 24.9 Å². The van der Waals surface area contributed by atoms with E-state index in [2.05, 4.69) is 5.43 Å². The van der Waals surface area contributed by atoms with Gasteiger partial charge in [-0.1, -0.05) is 12.1 Å². The molecule has 6 N–H and O–H groups in total. The van der Waals surface area contributed by atoms with E-state index in [1.807, 2.05) is 23.1 Å². The van der Waals surface area contributed by atoms with Gasteiger partial charge >= 0.3 is 6.09 Å². The molecule has 2 aliphatic rings. The lowest BCUT2D eigenvalue weighted by Gasteiger charge is -2.19. The average molecular weight is 399 g/mol. The van der Waals surface area contributed by atoms with Gasteiger partial charge < -0.3 is 25.9 Å². The molecule has 2 heterocycles. The SMILES string of the molecule is N/C=C(\NN)N1Cc2ccc(-c3ccc(N4C[C@H](CO)OC4=O)cc3F)cc2C1. The molecule has 8 nitrogen and oxygen atoms in total. The number of nitrogens with one attached hydrogen (secondary N) is 1. The molecular weight excluding hydrogens is 377 g/mol. The fourth-order valence-corrected chi connectivity index (χ4v) is 3.71. The summed E-state index contributed by atoms with van der Waals surface area (Å²) in [6, 6.07) is 10.4. The van der Waals surface area contributed by atoms with Crippen molar-refractivity contribution in [3.8, 4) is 11.1 Å². The number of hydrogen-bond acceptors (Lipinski definition) is 7. The second-order valence-corrected chi connectivity index (χ2v) is 7.00. The minimum Gasteiger partial charge on any atom is -0.441 e. The number of fused-ring (bicyclic) bond motifs is 1. The molecule has 4 rings (SSSR count). The molecule has 0 spiro atoms. The molecular formula is C20H22FN5O3. The van der Waals surface area contributed by atoms with Gasteiger partial charge in [0.15, 0.2) is 0 Å². The molecule has 2 aliphatic heterocycles. The van der Waals surface area contributed by atoms with E-state index in [1.54, 1.807) is 12.1 Å². The molecule has 1 amide bonds. The van der Waals surface area contributed by atoms with Crippen LogP contribution in [0.1, 0.15) is 11.1 Å². The van der Waals surface area contributed by atoms with Crippen molar-refractivity contribution in [2.45, 2.75) is 19.2 Å². The first-order valence-electron chi connectivity index (χ1n) is 9.18. The van der Waals surface area contributed by atoms with Gasteiger partial charge in [-0.3, -0.25) is 4.90 Å². The van der Waals surface area contributed by atoms with E-state index in [4.69, 9.17) is 21.4 Å². The molecule has 0 bridgehead atoms. The van der Waals surface area contributed by atoms with Crippen LogP contribution in [0.3, 0.4) is 0 Å². The maximum atomic E-state index is 14.9. The Morgan fingerprint density at radius 3 is 2.72 bits per heavy atom. The van der Waals surface area contributed by atoms with Crippen molar-refractivity contribution in [2.24, 2.45) is 11.6 Å². The molecule has 0 aliphatic carbocycles. The van der Waals surface area contributed by atoms with Gasteiger partial charge in [0.1, 0.15) is 17.7 Å². The van der Waals surface area contributed by atoms with Crippen LogP contribution in [-0.2, 0) is 17.8 Å². The highest BCUT2D eigenvalue weighted by Gasteiger charge is 2.32. The maximum Gasteiger partial charge on any atom is 0.414 e. The van der Waals surface area contributed by atoms with E-state index in [-0.39, 0.29) is 13.2 Å². The van der Waals surface area contributed by atoms with Crippen LogP contribution in [0.5, 0.6) is 0 Å². The Balaban J connectivity index is 1.58. The van der Waals surface area contributed by atoms with Gasteiger partial charge in [0.05, 0.1) is 18.8 Å². The fraction of sp³-hybridized carbons (Fsp3) is 0.250. The van der Waals surface area contributed by atoms with E-state index in [0.717, 1.165) is 16.7 Å². The van der Waals surface area contributed by atoms with E-state index in [1.165, 1.54) is 17.2 Å². The summed E-state index contributed by atoms with van der Waals surface area (Å²) in [5, 5.41) is 9.15. The number of halogens is 1. The quantitative estimate of drug-likeness (QED) is 0.443. The van der Waals surface area contributed by atoms with Crippen molar-refractivity contribution in [2.75, 3.05) is 18.1 Å². The standard InChI is InChI=1S/C20H22FN5O3/c21-18-6-15(26-10-16(11-27)29-20(26)28)3-4-17(18)12-1-2-13-8-25(9-14(13)5-12)19(7-22)24-23/h1-7,16,24,27H,8-11,22-23H2/b19-7+/t16-/m1/s1. The van der Waals surface area contributed by atoms with E-state index >= 15 is 0 Å². The topological polar surface area (TPSA) is 117 Å². The lowest BCUT2D eigenvalue weighted by atomic mass is 10.00. The monoisotopic (exact) mass is 399 g/mol. The molecule has 2 aromatic rings. The predicted octanol–water partition coefficient (Wildman–Crippen LogP) is 1.35.